The normalized spacial score (nSPS) is 28.0. The van der Waals surface area contributed by atoms with Crippen LogP contribution in [0.3, 0.4) is 0 Å². The van der Waals surface area contributed by atoms with Gasteiger partial charge >= 0.3 is 0 Å². The lowest BCUT2D eigenvalue weighted by Gasteiger charge is -2.33. The van der Waals surface area contributed by atoms with Gasteiger partial charge in [0.05, 0.1) is 6.04 Å². The predicted molar refractivity (Wildman–Crippen MR) is 119 cm³/mol. The van der Waals surface area contributed by atoms with Crippen LogP contribution in [0.25, 0.3) is 0 Å². The van der Waals surface area contributed by atoms with Crippen molar-refractivity contribution in [3.05, 3.63) is 35.4 Å². The van der Waals surface area contributed by atoms with Crippen LogP contribution in [0.15, 0.2) is 24.3 Å². The van der Waals surface area contributed by atoms with E-state index in [0.717, 1.165) is 44.8 Å². The molecule has 4 nitrogen and oxygen atoms in total. The summed E-state index contributed by atoms with van der Waals surface area (Å²) < 4.78 is 0. The van der Waals surface area contributed by atoms with Gasteiger partial charge in [0.25, 0.3) is 0 Å². The van der Waals surface area contributed by atoms with Crippen molar-refractivity contribution in [2.75, 3.05) is 13.1 Å². The quantitative estimate of drug-likeness (QED) is 0.766. The Morgan fingerprint density at radius 1 is 1.11 bits per heavy atom. The number of halogens is 2. The fraction of sp³-hybridized carbons (Fsp3) is 0.682. The van der Waals surface area contributed by atoms with Crippen LogP contribution in [-0.4, -0.2) is 42.0 Å². The number of benzene rings is 1. The molecule has 1 amide bonds. The van der Waals surface area contributed by atoms with Gasteiger partial charge in [-0.2, -0.15) is 0 Å². The average Bonchev–Trinajstić information content (AvgIpc) is 3.10. The first-order valence-corrected chi connectivity index (χ1v) is 10.5. The summed E-state index contributed by atoms with van der Waals surface area (Å²) in [5.74, 6) is 0.979. The van der Waals surface area contributed by atoms with E-state index in [9.17, 15) is 4.79 Å². The second kappa shape index (κ2) is 10.8. The summed E-state index contributed by atoms with van der Waals surface area (Å²) in [6.07, 6.45) is 8.40. The lowest BCUT2D eigenvalue weighted by Crippen LogP contribution is -2.50. The topological polar surface area (TPSA) is 44.4 Å². The van der Waals surface area contributed by atoms with Gasteiger partial charge in [0, 0.05) is 31.7 Å². The largest absolute Gasteiger partial charge is 0.352 e. The molecule has 2 saturated heterocycles. The summed E-state index contributed by atoms with van der Waals surface area (Å²) in [7, 11) is 0. The first kappa shape index (κ1) is 23.5. The second-order valence-electron chi connectivity index (χ2n) is 8.59. The van der Waals surface area contributed by atoms with Gasteiger partial charge < -0.3 is 10.6 Å². The highest BCUT2D eigenvalue weighted by molar-refractivity contribution is 5.85. The minimum atomic E-state index is 0. The van der Waals surface area contributed by atoms with Crippen molar-refractivity contribution in [1.29, 1.82) is 0 Å². The average molecular weight is 428 g/mol. The van der Waals surface area contributed by atoms with Crippen molar-refractivity contribution in [3.8, 4) is 0 Å². The number of fused-ring (bicyclic) bond motifs is 1. The standard InChI is InChI=1S/C22H33N3O.2ClH/c1-16-6-2-3-8-18(16)15-25-12-10-19(11-13-25)23-22(26)21-14-17-7-4-5-9-20(17)24-21;;/h2-3,6,8,17,19-21,24H,4-5,7,9-15H2,1H3,(H,23,26);2*1H. The maximum Gasteiger partial charge on any atom is 0.237 e. The number of nitrogens with zero attached hydrogens (tertiary/aromatic N) is 1. The number of hydrogen-bond acceptors (Lipinski definition) is 3. The second-order valence-corrected chi connectivity index (χ2v) is 8.59. The van der Waals surface area contributed by atoms with E-state index in [2.05, 4.69) is 46.7 Å². The fourth-order valence-electron chi connectivity index (χ4n) is 5.09. The molecular formula is C22H35Cl2N3O. The third kappa shape index (κ3) is 5.63. The summed E-state index contributed by atoms with van der Waals surface area (Å²) in [5.41, 5.74) is 2.80. The first-order chi connectivity index (χ1) is 12.7. The van der Waals surface area contributed by atoms with Gasteiger partial charge in [-0.25, -0.2) is 0 Å². The van der Waals surface area contributed by atoms with Crippen molar-refractivity contribution < 1.29 is 4.79 Å². The molecule has 1 aromatic rings. The molecule has 1 saturated carbocycles. The third-order valence-electron chi connectivity index (χ3n) is 6.77. The van der Waals surface area contributed by atoms with Crippen LogP contribution < -0.4 is 10.6 Å². The van der Waals surface area contributed by atoms with Crippen molar-refractivity contribution in [1.82, 2.24) is 15.5 Å². The van der Waals surface area contributed by atoms with Gasteiger partial charge in [-0.15, -0.1) is 24.8 Å². The van der Waals surface area contributed by atoms with Crippen LogP contribution in [-0.2, 0) is 11.3 Å². The van der Waals surface area contributed by atoms with Gasteiger partial charge in [0.1, 0.15) is 0 Å². The molecule has 6 heteroatoms. The van der Waals surface area contributed by atoms with E-state index in [4.69, 9.17) is 0 Å². The number of piperidine rings is 1. The molecule has 1 aliphatic carbocycles. The van der Waals surface area contributed by atoms with Crippen molar-refractivity contribution in [2.24, 2.45) is 5.92 Å². The van der Waals surface area contributed by atoms with Crippen LogP contribution in [0.5, 0.6) is 0 Å². The summed E-state index contributed by atoms with van der Waals surface area (Å²) in [6.45, 7) is 5.36. The molecule has 158 valence electrons. The molecule has 0 bridgehead atoms. The fourth-order valence-corrected chi connectivity index (χ4v) is 5.09. The molecule has 3 atom stereocenters. The molecule has 3 fully saturated rings. The molecule has 2 aliphatic heterocycles. The highest BCUT2D eigenvalue weighted by Gasteiger charge is 2.38. The van der Waals surface area contributed by atoms with E-state index in [0.29, 0.717) is 12.1 Å². The minimum absolute atomic E-state index is 0. The molecule has 3 unspecified atom stereocenters. The number of nitrogens with one attached hydrogen (secondary N) is 2. The number of rotatable bonds is 4. The van der Waals surface area contributed by atoms with E-state index in [1.165, 1.54) is 36.8 Å². The summed E-state index contributed by atoms with van der Waals surface area (Å²) in [4.78, 5) is 15.2. The Balaban J connectivity index is 0.00000140. The van der Waals surface area contributed by atoms with Crippen molar-refractivity contribution in [3.63, 3.8) is 0 Å². The zero-order chi connectivity index (χ0) is 17.9. The van der Waals surface area contributed by atoms with Gasteiger partial charge in [-0.3, -0.25) is 9.69 Å². The molecule has 2 heterocycles. The molecule has 4 rings (SSSR count). The molecule has 0 spiro atoms. The monoisotopic (exact) mass is 427 g/mol. The van der Waals surface area contributed by atoms with Crippen LogP contribution in [0.2, 0.25) is 0 Å². The maximum absolute atomic E-state index is 12.7. The number of amides is 1. The Morgan fingerprint density at radius 2 is 1.82 bits per heavy atom. The Kier molecular flexibility index (Phi) is 9.07. The minimum Gasteiger partial charge on any atom is -0.352 e. The molecule has 2 N–H and O–H groups in total. The van der Waals surface area contributed by atoms with Crippen LogP contribution in [0.4, 0.5) is 0 Å². The number of carbonyl (C=O) groups excluding carboxylic acids is 1. The summed E-state index contributed by atoms with van der Waals surface area (Å²) in [6, 6.07) is 9.64. The number of likely N-dealkylation sites (tertiary alicyclic amines) is 1. The molecular weight excluding hydrogens is 393 g/mol. The molecule has 0 aromatic heterocycles. The zero-order valence-corrected chi connectivity index (χ0v) is 18.5. The summed E-state index contributed by atoms with van der Waals surface area (Å²) >= 11 is 0. The Bertz CT molecular complexity index is 620. The number of hydrogen-bond donors (Lipinski definition) is 2. The van der Waals surface area contributed by atoms with Crippen molar-refractivity contribution >= 4 is 30.7 Å². The highest BCUT2D eigenvalue weighted by atomic mass is 35.5. The zero-order valence-electron chi connectivity index (χ0n) is 16.9. The number of aryl methyl sites for hydroxylation is 1. The molecule has 0 radical (unpaired) electrons. The lowest BCUT2D eigenvalue weighted by atomic mass is 9.85. The van der Waals surface area contributed by atoms with Crippen LogP contribution in [0, 0.1) is 12.8 Å². The molecule has 1 aromatic carbocycles. The van der Waals surface area contributed by atoms with Crippen LogP contribution in [0.1, 0.15) is 56.1 Å². The smallest absolute Gasteiger partial charge is 0.237 e. The van der Waals surface area contributed by atoms with E-state index in [1.54, 1.807) is 0 Å². The van der Waals surface area contributed by atoms with Gasteiger partial charge in [-0.1, -0.05) is 37.1 Å². The van der Waals surface area contributed by atoms with E-state index >= 15 is 0 Å². The lowest BCUT2D eigenvalue weighted by molar-refractivity contribution is -0.123. The first-order valence-electron chi connectivity index (χ1n) is 10.5. The van der Waals surface area contributed by atoms with Gasteiger partial charge in [-0.05, 0) is 56.1 Å². The molecule has 3 aliphatic rings. The van der Waals surface area contributed by atoms with Gasteiger partial charge in [0.2, 0.25) is 5.91 Å². The highest BCUT2D eigenvalue weighted by Crippen LogP contribution is 2.33. The van der Waals surface area contributed by atoms with E-state index < -0.39 is 0 Å². The van der Waals surface area contributed by atoms with E-state index in [1.807, 2.05) is 0 Å². The summed E-state index contributed by atoms with van der Waals surface area (Å²) in [5, 5.41) is 6.95. The maximum atomic E-state index is 12.7. The Labute approximate surface area is 182 Å². The van der Waals surface area contributed by atoms with Gasteiger partial charge in [0.15, 0.2) is 0 Å². The van der Waals surface area contributed by atoms with E-state index in [-0.39, 0.29) is 36.8 Å². The van der Waals surface area contributed by atoms with Crippen LogP contribution >= 0.6 is 24.8 Å². The Morgan fingerprint density at radius 3 is 2.54 bits per heavy atom. The third-order valence-corrected chi connectivity index (χ3v) is 6.77. The predicted octanol–water partition coefficient (Wildman–Crippen LogP) is 3.84. The number of carbonyl (C=O) groups is 1. The molecule has 28 heavy (non-hydrogen) atoms. The Hall–Kier alpha value is -0.810. The van der Waals surface area contributed by atoms with Crippen molar-refractivity contribution in [2.45, 2.75) is 76.5 Å². The SMILES string of the molecule is Cc1ccccc1CN1CCC(NC(=O)C2CC3CCCCC3N2)CC1.Cl.Cl.